The molecule has 0 saturated carbocycles. The number of anilines is 2. The highest BCUT2D eigenvalue weighted by Gasteiger charge is 2.31. The van der Waals surface area contributed by atoms with E-state index in [1.807, 2.05) is 6.92 Å². The average molecular weight is 421 g/mol. The third kappa shape index (κ3) is 6.25. The largest absolute Gasteiger partial charge is 0.321 e. The molecule has 4 N–H and O–H groups in total. The van der Waals surface area contributed by atoms with Crippen molar-refractivity contribution in [3.05, 3.63) is 59.4 Å². The van der Waals surface area contributed by atoms with Gasteiger partial charge in [0.2, 0.25) is 0 Å². The Hall–Kier alpha value is -2.48. The molecule has 1 aliphatic rings. The molecular weight excluding hydrogens is 395 g/mol. The van der Waals surface area contributed by atoms with Crippen molar-refractivity contribution < 1.29 is 23.8 Å². The maximum Gasteiger partial charge on any atom is 0.282 e. The summed E-state index contributed by atoms with van der Waals surface area (Å²) in [5.74, 6) is -0.546. The molecular formula is C21H26ClFN4O2+2. The van der Waals surface area contributed by atoms with Crippen molar-refractivity contribution in [3.63, 3.8) is 0 Å². The summed E-state index contributed by atoms with van der Waals surface area (Å²) in [6.07, 6.45) is 0. The van der Waals surface area contributed by atoms with E-state index in [2.05, 4.69) is 10.6 Å². The van der Waals surface area contributed by atoms with Gasteiger partial charge in [0.25, 0.3) is 11.8 Å². The number of carbonyl (C=O) groups excluding carboxylic acids is 2. The van der Waals surface area contributed by atoms with Crippen LogP contribution < -0.4 is 20.4 Å². The standard InChI is InChI=1S/C21H24ClFN4O2/c1-15(21(29)25-18-7-5-16(22)6-8-18)27-11-9-26(10-12-27)14-20(28)24-19-4-2-3-17(23)13-19/h2-8,13,15H,9-12,14H2,1H3,(H,24,28)(H,25,29)/p+2/t15-/m0/s1. The minimum Gasteiger partial charge on any atom is -0.321 e. The van der Waals surface area contributed by atoms with E-state index in [9.17, 15) is 14.0 Å². The lowest BCUT2D eigenvalue weighted by Gasteiger charge is -2.32. The molecule has 1 aliphatic heterocycles. The van der Waals surface area contributed by atoms with Crippen molar-refractivity contribution in [2.75, 3.05) is 43.4 Å². The van der Waals surface area contributed by atoms with Crippen LogP contribution in [0.4, 0.5) is 15.8 Å². The first-order valence-electron chi connectivity index (χ1n) is 9.70. The minimum absolute atomic E-state index is 0.0328. The summed E-state index contributed by atoms with van der Waals surface area (Å²) >= 11 is 5.87. The van der Waals surface area contributed by atoms with E-state index in [-0.39, 0.29) is 23.7 Å². The number of piperazine rings is 1. The van der Waals surface area contributed by atoms with E-state index in [1.54, 1.807) is 36.4 Å². The van der Waals surface area contributed by atoms with Gasteiger partial charge < -0.3 is 20.4 Å². The highest BCUT2D eigenvalue weighted by Crippen LogP contribution is 2.13. The molecule has 8 heteroatoms. The molecule has 1 saturated heterocycles. The molecule has 2 aromatic carbocycles. The van der Waals surface area contributed by atoms with E-state index < -0.39 is 0 Å². The first-order chi connectivity index (χ1) is 13.9. The van der Waals surface area contributed by atoms with Crippen molar-refractivity contribution in [2.45, 2.75) is 13.0 Å². The van der Waals surface area contributed by atoms with E-state index in [0.29, 0.717) is 17.3 Å². The summed E-state index contributed by atoms with van der Waals surface area (Å²) in [5.41, 5.74) is 1.19. The summed E-state index contributed by atoms with van der Waals surface area (Å²) < 4.78 is 13.2. The molecule has 1 atom stereocenters. The van der Waals surface area contributed by atoms with Crippen LogP contribution in [0, 0.1) is 5.82 Å². The third-order valence-electron chi connectivity index (χ3n) is 5.24. The van der Waals surface area contributed by atoms with E-state index >= 15 is 0 Å². The molecule has 0 unspecified atom stereocenters. The zero-order valence-corrected chi connectivity index (χ0v) is 17.1. The quantitative estimate of drug-likeness (QED) is 0.540. The molecule has 0 spiro atoms. The van der Waals surface area contributed by atoms with Crippen molar-refractivity contribution in [2.24, 2.45) is 0 Å². The highest BCUT2D eigenvalue weighted by molar-refractivity contribution is 6.30. The van der Waals surface area contributed by atoms with Crippen molar-refractivity contribution >= 4 is 34.8 Å². The van der Waals surface area contributed by atoms with Gasteiger partial charge in [-0.3, -0.25) is 9.59 Å². The fraction of sp³-hybridized carbons (Fsp3) is 0.333. The Morgan fingerprint density at radius 3 is 2.38 bits per heavy atom. The predicted octanol–water partition coefficient (Wildman–Crippen LogP) is 0.228. The van der Waals surface area contributed by atoms with E-state index in [4.69, 9.17) is 11.6 Å². The number of rotatable bonds is 6. The van der Waals surface area contributed by atoms with Crippen LogP contribution in [0.1, 0.15) is 6.92 Å². The SMILES string of the molecule is C[C@@H](C(=O)Nc1ccc(Cl)cc1)[NH+]1CC[NH+](CC(=O)Nc2cccc(F)c2)CC1. The lowest BCUT2D eigenvalue weighted by atomic mass is 10.2. The average Bonchev–Trinajstić information content (AvgIpc) is 2.69. The molecule has 1 fully saturated rings. The fourth-order valence-corrected chi connectivity index (χ4v) is 3.63. The van der Waals surface area contributed by atoms with Crippen LogP contribution in [0.25, 0.3) is 0 Å². The number of nitrogens with one attached hydrogen (secondary N) is 4. The summed E-state index contributed by atoms with van der Waals surface area (Å²) in [6.45, 7) is 5.45. The first kappa shape index (κ1) is 21.2. The molecule has 2 aromatic rings. The zero-order chi connectivity index (χ0) is 20.8. The molecule has 6 nitrogen and oxygen atoms in total. The van der Waals surface area contributed by atoms with Crippen LogP contribution in [0.3, 0.4) is 0 Å². The Kier molecular flexibility index (Phi) is 7.19. The van der Waals surface area contributed by atoms with E-state index in [0.717, 1.165) is 36.8 Å². The number of benzene rings is 2. The molecule has 29 heavy (non-hydrogen) atoms. The topological polar surface area (TPSA) is 67.1 Å². The lowest BCUT2D eigenvalue weighted by molar-refractivity contribution is -1.01. The zero-order valence-electron chi connectivity index (χ0n) is 16.3. The maximum atomic E-state index is 13.2. The monoisotopic (exact) mass is 420 g/mol. The van der Waals surface area contributed by atoms with Gasteiger partial charge in [-0.25, -0.2) is 4.39 Å². The number of carbonyl (C=O) groups is 2. The van der Waals surface area contributed by atoms with E-state index in [1.165, 1.54) is 17.0 Å². The number of quaternary nitrogens is 2. The predicted molar refractivity (Wildman–Crippen MR) is 111 cm³/mol. The molecule has 0 radical (unpaired) electrons. The van der Waals surface area contributed by atoms with Gasteiger partial charge in [0.1, 0.15) is 32.0 Å². The Morgan fingerprint density at radius 2 is 1.72 bits per heavy atom. The Bertz CT molecular complexity index is 854. The van der Waals surface area contributed by atoms with Crippen LogP contribution in [-0.2, 0) is 9.59 Å². The van der Waals surface area contributed by atoms with Gasteiger partial charge in [-0.2, -0.15) is 0 Å². The van der Waals surface area contributed by atoms with Crippen molar-refractivity contribution in [3.8, 4) is 0 Å². The van der Waals surface area contributed by atoms with Gasteiger partial charge in [0.05, 0.1) is 0 Å². The minimum atomic E-state index is -0.377. The summed E-state index contributed by atoms with van der Waals surface area (Å²) in [6, 6.07) is 12.7. The normalized spacial score (nSPS) is 20.0. The van der Waals surface area contributed by atoms with Gasteiger partial charge in [0.15, 0.2) is 12.6 Å². The van der Waals surface area contributed by atoms with Crippen LogP contribution in [-0.4, -0.2) is 50.6 Å². The van der Waals surface area contributed by atoms with Crippen molar-refractivity contribution in [1.82, 2.24) is 0 Å². The summed E-state index contributed by atoms with van der Waals surface area (Å²) in [7, 11) is 0. The van der Waals surface area contributed by atoms with Gasteiger partial charge in [-0.05, 0) is 49.4 Å². The molecule has 2 amide bonds. The second kappa shape index (κ2) is 9.82. The van der Waals surface area contributed by atoms with Crippen LogP contribution >= 0.6 is 11.6 Å². The smallest absolute Gasteiger partial charge is 0.282 e. The Balaban J connectivity index is 1.43. The second-order valence-electron chi connectivity index (χ2n) is 7.36. The van der Waals surface area contributed by atoms with Gasteiger partial charge >= 0.3 is 0 Å². The molecule has 0 aliphatic carbocycles. The molecule has 0 aromatic heterocycles. The number of amides is 2. The second-order valence-corrected chi connectivity index (χ2v) is 7.80. The summed E-state index contributed by atoms with van der Waals surface area (Å²) in [4.78, 5) is 27.1. The first-order valence-corrected chi connectivity index (χ1v) is 10.1. The fourth-order valence-electron chi connectivity index (χ4n) is 3.50. The molecule has 3 rings (SSSR count). The lowest BCUT2D eigenvalue weighted by Crippen LogP contribution is -3.30. The van der Waals surface area contributed by atoms with Crippen LogP contribution in [0.15, 0.2) is 48.5 Å². The Morgan fingerprint density at radius 1 is 1.03 bits per heavy atom. The molecule has 0 bridgehead atoms. The van der Waals surface area contributed by atoms with Gasteiger partial charge in [-0.1, -0.05) is 17.7 Å². The Labute approximate surface area is 174 Å². The van der Waals surface area contributed by atoms with Crippen LogP contribution in [0.5, 0.6) is 0 Å². The third-order valence-corrected chi connectivity index (χ3v) is 5.49. The number of hydrogen-bond acceptors (Lipinski definition) is 2. The van der Waals surface area contributed by atoms with Crippen LogP contribution in [0.2, 0.25) is 5.02 Å². The van der Waals surface area contributed by atoms with Gasteiger partial charge in [0, 0.05) is 16.4 Å². The van der Waals surface area contributed by atoms with Crippen molar-refractivity contribution in [1.29, 1.82) is 0 Å². The summed E-state index contributed by atoms with van der Waals surface area (Å²) in [5, 5.41) is 6.28. The number of hydrogen-bond donors (Lipinski definition) is 4. The number of halogens is 2. The highest BCUT2D eigenvalue weighted by atomic mass is 35.5. The van der Waals surface area contributed by atoms with Gasteiger partial charge in [-0.15, -0.1) is 0 Å². The maximum absolute atomic E-state index is 13.2. The molecule has 1 heterocycles. The molecule has 154 valence electrons.